The van der Waals surface area contributed by atoms with Gasteiger partial charge in [0, 0.05) is 78.3 Å². The van der Waals surface area contributed by atoms with Gasteiger partial charge in [0.2, 0.25) is 11.8 Å². The fraction of sp³-hybridized carbons (Fsp3) is 0.375. The SMILES string of the molecule is C=C/C=C1/C[C@H]2CNc3cc(OCc4cc(COc5cc6c(cc5OC)C(=O)N5c7ccccc7C[C@H]5C=N6)cc(NC(=O)CCC(C)(C)SSCCCC(=O)NCCCON)c4)c(OC)cc3C(=O)N2/C1=C/C. The highest BCUT2D eigenvalue weighted by molar-refractivity contribution is 8.77. The summed E-state index contributed by atoms with van der Waals surface area (Å²) < 4.78 is 24.4. The van der Waals surface area contributed by atoms with Gasteiger partial charge in [-0.05, 0) is 105 Å². The lowest BCUT2D eigenvalue weighted by Gasteiger charge is -2.23. The van der Waals surface area contributed by atoms with E-state index in [2.05, 4.69) is 41.2 Å². The molecule has 0 unspecified atom stereocenters. The van der Waals surface area contributed by atoms with Crippen LogP contribution in [0.3, 0.4) is 0 Å². The third-order valence-corrected chi connectivity index (χ3v) is 16.6. The van der Waals surface area contributed by atoms with E-state index in [1.165, 1.54) is 7.11 Å². The minimum absolute atomic E-state index is 0.00584. The smallest absolute Gasteiger partial charge is 0.261 e. The molecule has 4 aromatic rings. The molecule has 5 N–H and O–H groups in total. The number of nitrogens with one attached hydrogen (secondary N) is 3. The quantitative estimate of drug-likeness (QED) is 0.0312. The van der Waals surface area contributed by atoms with E-state index in [-0.39, 0.29) is 60.1 Å². The molecule has 4 aliphatic rings. The number of nitrogens with zero attached hydrogens (tertiary/aromatic N) is 3. The second-order valence-electron chi connectivity index (χ2n) is 18.9. The summed E-state index contributed by atoms with van der Waals surface area (Å²) in [6.45, 7) is 11.6. The van der Waals surface area contributed by atoms with Crippen molar-refractivity contribution in [3.63, 3.8) is 0 Å². The van der Waals surface area contributed by atoms with E-state index >= 15 is 0 Å². The van der Waals surface area contributed by atoms with Crippen molar-refractivity contribution in [2.24, 2.45) is 10.9 Å². The number of carbonyl (C=O) groups excluding carboxylic acids is 4. The number of carbonyl (C=O) groups is 4. The van der Waals surface area contributed by atoms with Gasteiger partial charge in [0.25, 0.3) is 11.8 Å². The van der Waals surface area contributed by atoms with Crippen LogP contribution >= 0.6 is 21.6 Å². The van der Waals surface area contributed by atoms with Crippen molar-refractivity contribution in [3.05, 3.63) is 131 Å². The second-order valence-corrected chi connectivity index (χ2v) is 22.1. The lowest BCUT2D eigenvalue weighted by Crippen LogP contribution is -2.37. The number of rotatable bonds is 23. The number of amides is 4. The minimum atomic E-state index is -0.216. The summed E-state index contributed by atoms with van der Waals surface area (Å²) in [5.41, 5.74) is 7.91. The molecule has 4 aliphatic heterocycles. The molecular formula is C56H65N7O9S2. The number of benzene rings is 4. The average Bonchev–Trinajstić information content (AvgIpc) is 3.87. The first kappa shape index (κ1) is 53.6. The van der Waals surface area contributed by atoms with Crippen molar-refractivity contribution in [1.82, 2.24) is 10.2 Å². The number of nitrogens with two attached hydrogens (primary N) is 1. The molecule has 18 heteroatoms. The standard InChI is InChI=1S/C56H65N7O9S2/c1-7-13-37-25-40-31-59-44-29-50(48(68-5)27-42(44)54(66)62(40)46(37)8-2)70-33-35-22-36(24-39(23-35)61-53(65)17-18-56(3,4)74-73-21-11-16-52(64)58-19-12-20-72-57)34-71-51-30-45-43(28-49(51)69-6)55(67)63-41(32-60-45)26-38-14-9-10-15-47(38)63/h7-10,13-15,22-24,27-30,32,40-41,59H,1,11-12,16-21,25-26,31,33-34,57H2,2-6H3,(H,58,64)(H,61,65)/b37-13-,46-8+/t40-,41-/m0/s1. The minimum Gasteiger partial charge on any atom is -0.493 e. The van der Waals surface area contributed by atoms with E-state index in [0.29, 0.717) is 103 Å². The van der Waals surface area contributed by atoms with Crippen LogP contribution < -0.4 is 45.7 Å². The van der Waals surface area contributed by atoms with Crippen molar-refractivity contribution >= 4 is 74.2 Å². The topological polar surface area (TPSA) is 195 Å². The van der Waals surface area contributed by atoms with Gasteiger partial charge in [0.15, 0.2) is 23.0 Å². The number of hydrogen-bond acceptors (Lipinski definition) is 14. The Bertz CT molecular complexity index is 2870. The van der Waals surface area contributed by atoms with E-state index in [1.807, 2.05) is 72.7 Å². The van der Waals surface area contributed by atoms with Crippen LogP contribution in [0.5, 0.6) is 23.0 Å². The third-order valence-electron chi connectivity index (χ3n) is 13.2. The van der Waals surface area contributed by atoms with Crippen molar-refractivity contribution in [2.45, 2.75) is 95.8 Å². The fourth-order valence-corrected chi connectivity index (χ4v) is 12.2. The molecule has 0 radical (unpaired) electrons. The number of methoxy groups -OCH3 is 2. The molecular weight excluding hydrogens is 979 g/mol. The van der Waals surface area contributed by atoms with E-state index in [9.17, 15) is 19.2 Å². The van der Waals surface area contributed by atoms with Gasteiger partial charge in [-0.1, -0.05) is 64.6 Å². The molecule has 4 amide bonds. The first-order chi connectivity index (χ1) is 35.8. The first-order valence-electron chi connectivity index (χ1n) is 24.9. The second kappa shape index (κ2) is 24.5. The molecule has 1 saturated heterocycles. The molecule has 0 bridgehead atoms. The number of anilines is 3. The van der Waals surface area contributed by atoms with Crippen molar-refractivity contribution in [3.8, 4) is 23.0 Å². The van der Waals surface area contributed by atoms with Gasteiger partial charge in [-0.2, -0.15) is 0 Å². The number of hydrogen-bond donors (Lipinski definition) is 4. The molecule has 8 rings (SSSR count). The number of allylic oxidation sites excluding steroid dienone is 4. The van der Waals surface area contributed by atoms with Crippen molar-refractivity contribution < 1.29 is 43.0 Å². The molecule has 2 atom stereocenters. The van der Waals surface area contributed by atoms with Crippen LogP contribution in [0.15, 0.2) is 108 Å². The predicted molar refractivity (Wildman–Crippen MR) is 294 cm³/mol. The van der Waals surface area contributed by atoms with Crippen LogP contribution in [0, 0.1) is 0 Å². The van der Waals surface area contributed by atoms with Gasteiger partial charge in [0.1, 0.15) is 13.2 Å². The first-order valence-corrected chi connectivity index (χ1v) is 27.2. The molecule has 0 aromatic heterocycles. The number of fused-ring (bicyclic) bond motifs is 6. The van der Waals surface area contributed by atoms with Crippen LogP contribution in [-0.4, -0.2) is 91.2 Å². The summed E-state index contributed by atoms with van der Waals surface area (Å²) >= 11 is 0. The van der Waals surface area contributed by atoms with E-state index in [1.54, 1.807) is 63.9 Å². The van der Waals surface area contributed by atoms with Crippen LogP contribution in [0.1, 0.15) is 96.7 Å². The van der Waals surface area contributed by atoms with Crippen molar-refractivity contribution in [2.75, 3.05) is 55.2 Å². The Kier molecular flexibility index (Phi) is 17.8. The fourth-order valence-electron chi connectivity index (χ4n) is 9.53. The van der Waals surface area contributed by atoms with Crippen LogP contribution in [0.2, 0.25) is 0 Å². The van der Waals surface area contributed by atoms with Crippen LogP contribution in [0.25, 0.3) is 0 Å². The molecule has 4 aromatic carbocycles. The Morgan fingerprint density at radius 3 is 2.32 bits per heavy atom. The maximum atomic E-state index is 14.2. The molecule has 16 nitrogen and oxygen atoms in total. The Labute approximate surface area is 440 Å². The van der Waals surface area contributed by atoms with Gasteiger partial charge in [-0.15, -0.1) is 0 Å². The molecule has 4 heterocycles. The van der Waals surface area contributed by atoms with Gasteiger partial charge in [0.05, 0.1) is 55.4 Å². The monoisotopic (exact) mass is 1040 g/mol. The summed E-state index contributed by atoms with van der Waals surface area (Å²) in [5, 5.41) is 9.49. The van der Waals surface area contributed by atoms with Crippen molar-refractivity contribution in [1.29, 1.82) is 0 Å². The molecule has 0 spiro atoms. The summed E-state index contributed by atoms with van der Waals surface area (Å²) in [6, 6.07) is 20.2. The van der Waals surface area contributed by atoms with Gasteiger partial charge in [-0.3, -0.25) is 29.1 Å². The lowest BCUT2D eigenvalue weighted by molar-refractivity contribution is -0.121. The van der Waals surface area contributed by atoms with E-state index in [0.717, 1.165) is 45.8 Å². The van der Waals surface area contributed by atoms with Gasteiger partial charge >= 0.3 is 0 Å². The normalized spacial score (nSPS) is 17.6. The molecule has 390 valence electrons. The Balaban J connectivity index is 0.979. The van der Waals surface area contributed by atoms with Gasteiger partial charge in [-0.25, -0.2) is 5.90 Å². The molecule has 0 saturated carbocycles. The van der Waals surface area contributed by atoms with Crippen LogP contribution in [0.4, 0.5) is 22.7 Å². The summed E-state index contributed by atoms with van der Waals surface area (Å²) in [4.78, 5) is 67.1. The van der Waals surface area contributed by atoms with E-state index < -0.39 is 0 Å². The Hall–Kier alpha value is -6.73. The summed E-state index contributed by atoms with van der Waals surface area (Å²) in [5.74, 6) is 7.00. The highest BCUT2D eigenvalue weighted by Gasteiger charge is 2.40. The largest absolute Gasteiger partial charge is 0.493 e. The maximum absolute atomic E-state index is 14.2. The zero-order chi connectivity index (χ0) is 52.4. The van der Waals surface area contributed by atoms with Gasteiger partial charge < -0.3 is 44.6 Å². The number of para-hydroxylation sites is 1. The highest BCUT2D eigenvalue weighted by Crippen LogP contribution is 2.44. The zero-order valence-corrected chi connectivity index (χ0v) is 44.3. The maximum Gasteiger partial charge on any atom is 0.261 e. The summed E-state index contributed by atoms with van der Waals surface area (Å²) in [7, 11) is 6.48. The number of aliphatic imine (C=N–C) groups is 1. The molecule has 1 fully saturated rings. The predicted octanol–water partition coefficient (Wildman–Crippen LogP) is 9.86. The average molecular weight is 1040 g/mol. The Morgan fingerprint density at radius 1 is 0.892 bits per heavy atom. The molecule has 74 heavy (non-hydrogen) atoms. The third kappa shape index (κ3) is 12.6. The summed E-state index contributed by atoms with van der Waals surface area (Å²) in [6.07, 6.45) is 11.6. The molecule has 0 aliphatic carbocycles. The Morgan fingerprint density at radius 2 is 1.61 bits per heavy atom. The highest BCUT2D eigenvalue weighted by atomic mass is 33.1. The number of ether oxygens (including phenoxy) is 4. The zero-order valence-electron chi connectivity index (χ0n) is 42.6. The van der Waals surface area contributed by atoms with Crippen LogP contribution in [-0.2, 0) is 34.1 Å². The lowest BCUT2D eigenvalue weighted by atomic mass is 10.1. The van der Waals surface area contributed by atoms with E-state index in [4.69, 9.17) is 29.8 Å².